The third-order valence-corrected chi connectivity index (χ3v) is 6.31. The molecule has 0 saturated heterocycles. The standard InChI is InChI=1S/C19H32N4OS.HI/c1-2-20-19(22-14-9-11-15(24)12-10-14)21-13-5-8-18-23-16-6-3-4-7-17(16)25-18;/h14-15,24H,2-13H2,1H3,(H2,20,21,22);1H. The van der Waals surface area contributed by atoms with Crippen molar-refractivity contribution in [1.82, 2.24) is 15.6 Å². The fourth-order valence-corrected chi connectivity index (χ4v) is 4.87. The lowest BCUT2D eigenvalue weighted by molar-refractivity contribution is 0.120. The van der Waals surface area contributed by atoms with Crippen LogP contribution in [0.25, 0.3) is 0 Å². The molecular formula is C19H33IN4OS. The number of rotatable bonds is 6. The Balaban J connectivity index is 0.00000243. The lowest BCUT2D eigenvalue weighted by atomic mass is 9.93. The number of halogens is 1. The molecule has 0 radical (unpaired) electrons. The maximum Gasteiger partial charge on any atom is 0.191 e. The molecule has 3 N–H and O–H groups in total. The van der Waals surface area contributed by atoms with E-state index in [9.17, 15) is 5.11 Å². The number of nitrogens with one attached hydrogen (secondary N) is 2. The summed E-state index contributed by atoms with van der Waals surface area (Å²) in [7, 11) is 0. The average Bonchev–Trinajstić information content (AvgIpc) is 3.03. The summed E-state index contributed by atoms with van der Waals surface area (Å²) in [6, 6.07) is 0.437. The van der Waals surface area contributed by atoms with Gasteiger partial charge in [-0.3, -0.25) is 4.99 Å². The topological polar surface area (TPSA) is 69.5 Å². The van der Waals surface area contributed by atoms with Crippen LogP contribution < -0.4 is 10.6 Å². The van der Waals surface area contributed by atoms with E-state index in [1.807, 2.05) is 11.3 Å². The highest BCUT2D eigenvalue weighted by Crippen LogP contribution is 2.27. The molecule has 0 amide bonds. The zero-order valence-electron chi connectivity index (χ0n) is 15.8. The first-order valence-corrected chi connectivity index (χ1v) is 10.8. The summed E-state index contributed by atoms with van der Waals surface area (Å²) in [6.45, 7) is 3.80. The van der Waals surface area contributed by atoms with E-state index in [4.69, 9.17) is 9.98 Å². The summed E-state index contributed by atoms with van der Waals surface area (Å²) in [5.74, 6) is 0.919. The van der Waals surface area contributed by atoms with Crippen molar-refractivity contribution in [2.24, 2.45) is 4.99 Å². The molecule has 26 heavy (non-hydrogen) atoms. The first-order valence-electron chi connectivity index (χ1n) is 9.95. The fraction of sp³-hybridized carbons (Fsp3) is 0.789. The minimum atomic E-state index is -0.110. The number of aliphatic hydroxyl groups excluding tert-OH is 1. The largest absolute Gasteiger partial charge is 0.393 e. The highest BCUT2D eigenvalue weighted by atomic mass is 127. The van der Waals surface area contributed by atoms with E-state index in [1.54, 1.807) is 0 Å². The lowest BCUT2D eigenvalue weighted by Gasteiger charge is -2.27. The summed E-state index contributed by atoms with van der Waals surface area (Å²) >= 11 is 1.92. The summed E-state index contributed by atoms with van der Waals surface area (Å²) < 4.78 is 0. The van der Waals surface area contributed by atoms with Crippen LogP contribution in [0.4, 0.5) is 0 Å². The van der Waals surface area contributed by atoms with Crippen molar-refractivity contribution in [3.05, 3.63) is 15.6 Å². The number of aryl methyl sites for hydroxylation is 3. The number of aromatic nitrogens is 1. The predicted octanol–water partition coefficient (Wildman–Crippen LogP) is 3.43. The van der Waals surface area contributed by atoms with Gasteiger partial charge in [0, 0.05) is 30.4 Å². The van der Waals surface area contributed by atoms with Crippen LogP contribution >= 0.6 is 35.3 Å². The zero-order chi connectivity index (χ0) is 17.5. The number of hydrogen-bond acceptors (Lipinski definition) is 4. The van der Waals surface area contributed by atoms with Crippen molar-refractivity contribution >= 4 is 41.3 Å². The molecule has 148 valence electrons. The molecule has 0 aliphatic heterocycles. The second-order valence-electron chi connectivity index (χ2n) is 7.20. The summed E-state index contributed by atoms with van der Waals surface area (Å²) in [5, 5.41) is 17.8. The number of fused-ring (bicyclic) bond motifs is 1. The Kier molecular flexibility index (Phi) is 9.63. The molecule has 0 atom stereocenters. The molecule has 0 spiro atoms. The molecule has 1 aromatic rings. The number of nitrogens with zero attached hydrogens (tertiary/aromatic N) is 2. The Bertz CT molecular complexity index is 546. The Hall–Kier alpha value is -0.410. The zero-order valence-corrected chi connectivity index (χ0v) is 18.9. The van der Waals surface area contributed by atoms with Crippen LogP contribution in [0.15, 0.2) is 4.99 Å². The third kappa shape index (κ3) is 6.64. The maximum absolute atomic E-state index is 9.63. The lowest BCUT2D eigenvalue weighted by Crippen LogP contribution is -2.45. The second-order valence-corrected chi connectivity index (χ2v) is 8.37. The van der Waals surface area contributed by atoms with Crippen molar-refractivity contribution in [3.8, 4) is 0 Å². The SMILES string of the molecule is CCNC(=NCCCc1nc2c(s1)CCCC2)NC1CCC(O)CC1.I. The van der Waals surface area contributed by atoms with Gasteiger partial charge in [-0.1, -0.05) is 0 Å². The van der Waals surface area contributed by atoms with Crippen LogP contribution in [0.3, 0.4) is 0 Å². The van der Waals surface area contributed by atoms with Gasteiger partial charge < -0.3 is 15.7 Å². The summed E-state index contributed by atoms with van der Waals surface area (Å²) in [6.07, 6.45) is 10.9. The average molecular weight is 492 g/mol. The molecular weight excluding hydrogens is 459 g/mol. The van der Waals surface area contributed by atoms with Crippen LogP contribution in [0, 0.1) is 0 Å². The molecule has 1 fully saturated rings. The third-order valence-electron chi connectivity index (χ3n) is 5.09. The first kappa shape index (κ1) is 21.9. The van der Waals surface area contributed by atoms with Crippen LogP contribution in [0.1, 0.15) is 67.4 Å². The van der Waals surface area contributed by atoms with Crippen molar-refractivity contribution < 1.29 is 5.11 Å². The van der Waals surface area contributed by atoms with Gasteiger partial charge in [-0.15, -0.1) is 35.3 Å². The number of hydrogen-bond donors (Lipinski definition) is 3. The Morgan fingerprint density at radius 2 is 2.00 bits per heavy atom. The molecule has 2 aliphatic rings. The van der Waals surface area contributed by atoms with Gasteiger partial charge in [0.15, 0.2) is 5.96 Å². The van der Waals surface area contributed by atoms with Crippen LogP contribution in [0.2, 0.25) is 0 Å². The van der Waals surface area contributed by atoms with E-state index in [-0.39, 0.29) is 30.1 Å². The van der Waals surface area contributed by atoms with Gasteiger partial charge in [-0.2, -0.15) is 0 Å². The molecule has 0 aromatic carbocycles. The normalized spacial score (nSPS) is 23.1. The molecule has 5 nitrogen and oxygen atoms in total. The predicted molar refractivity (Wildman–Crippen MR) is 120 cm³/mol. The van der Waals surface area contributed by atoms with Crippen LogP contribution in [0.5, 0.6) is 0 Å². The molecule has 3 rings (SSSR count). The van der Waals surface area contributed by atoms with Crippen molar-refractivity contribution in [2.45, 2.75) is 83.3 Å². The van der Waals surface area contributed by atoms with Crippen molar-refractivity contribution in [2.75, 3.05) is 13.1 Å². The van der Waals surface area contributed by atoms with Gasteiger partial charge in [0.05, 0.1) is 16.8 Å². The fourth-order valence-electron chi connectivity index (χ4n) is 3.67. The number of guanidine groups is 1. The highest BCUT2D eigenvalue weighted by Gasteiger charge is 2.20. The minimum absolute atomic E-state index is 0. The van der Waals surface area contributed by atoms with Crippen molar-refractivity contribution in [3.63, 3.8) is 0 Å². The number of aliphatic hydroxyl groups is 1. The van der Waals surface area contributed by atoms with Crippen LogP contribution in [-0.4, -0.2) is 41.3 Å². The van der Waals surface area contributed by atoms with Gasteiger partial charge in [0.25, 0.3) is 0 Å². The molecule has 0 unspecified atom stereocenters. The molecule has 7 heteroatoms. The summed E-state index contributed by atoms with van der Waals surface area (Å²) in [5.41, 5.74) is 1.37. The van der Waals surface area contributed by atoms with E-state index in [2.05, 4.69) is 17.6 Å². The second kappa shape index (κ2) is 11.4. The van der Waals surface area contributed by atoms with E-state index in [0.717, 1.165) is 57.6 Å². The smallest absolute Gasteiger partial charge is 0.191 e. The highest BCUT2D eigenvalue weighted by molar-refractivity contribution is 14.0. The van der Waals surface area contributed by atoms with E-state index in [1.165, 1.54) is 41.3 Å². The molecule has 1 aromatic heterocycles. The van der Waals surface area contributed by atoms with E-state index in [0.29, 0.717) is 6.04 Å². The quantitative estimate of drug-likeness (QED) is 0.246. The van der Waals surface area contributed by atoms with Crippen molar-refractivity contribution in [1.29, 1.82) is 0 Å². The molecule has 1 heterocycles. The first-order chi connectivity index (χ1) is 12.2. The molecule has 0 bridgehead atoms. The Labute approximate surface area is 178 Å². The number of aliphatic imine (C=N–C) groups is 1. The van der Waals surface area contributed by atoms with Gasteiger partial charge in [-0.05, 0) is 64.7 Å². The Morgan fingerprint density at radius 3 is 2.73 bits per heavy atom. The summed E-state index contributed by atoms with van der Waals surface area (Å²) in [4.78, 5) is 11.1. The van der Waals surface area contributed by atoms with E-state index < -0.39 is 0 Å². The van der Waals surface area contributed by atoms with Gasteiger partial charge >= 0.3 is 0 Å². The maximum atomic E-state index is 9.63. The molecule has 1 saturated carbocycles. The van der Waals surface area contributed by atoms with Gasteiger partial charge in [0.2, 0.25) is 0 Å². The monoisotopic (exact) mass is 492 g/mol. The molecule has 2 aliphatic carbocycles. The minimum Gasteiger partial charge on any atom is -0.393 e. The van der Waals surface area contributed by atoms with E-state index >= 15 is 0 Å². The Morgan fingerprint density at radius 1 is 1.23 bits per heavy atom. The van der Waals surface area contributed by atoms with Gasteiger partial charge in [0.1, 0.15) is 0 Å². The van der Waals surface area contributed by atoms with Gasteiger partial charge in [-0.25, -0.2) is 4.98 Å². The van der Waals surface area contributed by atoms with Crippen LogP contribution in [-0.2, 0) is 19.3 Å². The number of thiazole rings is 1.